The summed E-state index contributed by atoms with van der Waals surface area (Å²) in [5.74, 6) is 0.462. The summed E-state index contributed by atoms with van der Waals surface area (Å²) in [6, 6.07) is 0. The van der Waals surface area contributed by atoms with Crippen LogP contribution in [0.15, 0.2) is 10.8 Å². The predicted octanol–water partition coefficient (Wildman–Crippen LogP) is 1.37. The number of hydrogen-bond acceptors (Lipinski definition) is 5. The van der Waals surface area contributed by atoms with E-state index in [4.69, 9.17) is 14.2 Å². The second-order valence-corrected chi connectivity index (χ2v) is 3.22. The van der Waals surface area contributed by atoms with E-state index in [0.717, 1.165) is 0 Å². The van der Waals surface area contributed by atoms with Gasteiger partial charge in [0.2, 0.25) is 5.88 Å². The Morgan fingerprint density at radius 3 is 2.86 bits per heavy atom. The highest BCUT2D eigenvalue weighted by Gasteiger charge is 2.06. The summed E-state index contributed by atoms with van der Waals surface area (Å²) in [5.41, 5.74) is 0.638. The molecule has 0 aliphatic heterocycles. The zero-order chi connectivity index (χ0) is 10.4. The monoisotopic (exact) mass is 262 g/mol. The van der Waals surface area contributed by atoms with Crippen LogP contribution in [-0.4, -0.2) is 31.0 Å². The zero-order valence-corrected chi connectivity index (χ0v) is 9.57. The lowest BCUT2D eigenvalue weighted by molar-refractivity contribution is -0.0407. The molecule has 1 heterocycles. The Hall–Kier alpha value is -0.720. The van der Waals surface area contributed by atoms with Crippen LogP contribution in [0.2, 0.25) is 0 Å². The van der Waals surface area contributed by atoms with Gasteiger partial charge in [0.1, 0.15) is 17.1 Å². The van der Waals surface area contributed by atoms with Gasteiger partial charge in [0.05, 0.1) is 19.9 Å². The van der Waals surface area contributed by atoms with E-state index in [9.17, 15) is 0 Å². The van der Waals surface area contributed by atoms with Gasteiger partial charge in [-0.3, -0.25) is 0 Å². The molecule has 0 aliphatic rings. The van der Waals surface area contributed by atoms with Crippen molar-refractivity contribution in [2.45, 2.75) is 6.61 Å². The van der Waals surface area contributed by atoms with Crippen molar-refractivity contribution < 1.29 is 14.2 Å². The van der Waals surface area contributed by atoms with Crippen molar-refractivity contribution in [1.82, 2.24) is 9.97 Å². The van der Waals surface area contributed by atoms with Gasteiger partial charge < -0.3 is 14.2 Å². The molecule has 6 heteroatoms. The Kier molecular flexibility index (Phi) is 4.78. The average Bonchev–Trinajstić information content (AvgIpc) is 2.19. The Morgan fingerprint density at radius 2 is 2.21 bits per heavy atom. The molecule has 0 saturated carbocycles. The van der Waals surface area contributed by atoms with E-state index in [0.29, 0.717) is 22.8 Å². The van der Waals surface area contributed by atoms with Gasteiger partial charge in [-0.15, -0.1) is 0 Å². The first kappa shape index (κ1) is 11.4. The Morgan fingerprint density at radius 1 is 1.43 bits per heavy atom. The molecule has 1 rings (SSSR count). The molecule has 0 amide bonds. The minimum Gasteiger partial charge on any atom is -0.480 e. The van der Waals surface area contributed by atoms with Gasteiger partial charge in [-0.2, -0.15) is 0 Å². The Bertz CT molecular complexity index is 296. The molecule has 1 aromatic heterocycles. The SMILES string of the molecule is COCOCc1nc(Br)cnc1OC. The maximum atomic E-state index is 5.14. The van der Waals surface area contributed by atoms with E-state index < -0.39 is 0 Å². The molecule has 5 nitrogen and oxygen atoms in total. The molecule has 0 unspecified atom stereocenters. The number of halogens is 1. The summed E-state index contributed by atoms with van der Waals surface area (Å²) < 4.78 is 15.5. The van der Waals surface area contributed by atoms with E-state index in [1.807, 2.05) is 0 Å². The van der Waals surface area contributed by atoms with Crippen molar-refractivity contribution in [2.75, 3.05) is 21.0 Å². The van der Waals surface area contributed by atoms with Crippen molar-refractivity contribution in [2.24, 2.45) is 0 Å². The number of methoxy groups -OCH3 is 2. The molecule has 0 aromatic carbocycles. The minimum absolute atomic E-state index is 0.220. The van der Waals surface area contributed by atoms with Crippen LogP contribution in [0.1, 0.15) is 5.69 Å². The molecule has 0 saturated heterocycles. The third-order valence-electron chi connectivity index (χ3n) is 1.41. The molecule has 0 N–H and O–H groups in total. The fourth-order valence-corrected chi connectivity index (χ4v) is 1.19. The highest BCUT2D eigenvalue weighted by atomic mass is 79.9. The fourth-order valence-electron chi connectivity index (χ4n) is 0.878. The predicted molar refractivity (Wildman–Crippen MR) is 52.9 cm³/mol. The first-order valence-corrected chi connectivity index (χ1v) is 4.69. The van der Waals surface area contributed by atoms with Crippen LogP contribution in [0.25, 0.3) is 0 Å². The van der Waals surface area contributed by atoms with E-state index in [2.05, 4.69) is 25.9 Å². The lowest BCUT2D eigenvalue weighted by Crippen LogP contribution is -2.03. The Labute approximate surface area is 90.5 Å². The second-order valence-electron chi connectivity index (χ2n) is 2.40. The van der Waals surface area contributed by atoms with Gasteiger partial charge in [0.25, 0.3) is 0 Å². The number of hydrogen-bond donors (Lipinski definition) is 0. The van der Waals surface area contributed by atoms with Crippen molar-refractivity contribution in [3.8, 4) is 5.88 Å². The van der Waals surface area contributed by atoms with Gasteiger partial charge in [-0.05, 0) is 15.9 Å². The van der Waals surface area contributed by atoms with Gasteiger partial charge in [0.15, 0.2) is 0 Å². The molecular formula is C8H11BrN2O3. The fraction of sp³-hybridized carbons (Fsp3) is 0.500. The molecule has 1 aromatic rings. The first-order valence-electron chi connectivity index (χ1n) is 3.90. The average molecular weight is 263 g/mol. The quantitative estimate of drug-likeness (QED) is 0.593. The number of nitrogens with zero attached hydrogens (tertiary/aromatic N) is 2. The summed E-state index contributed by atoms with van der Waals surface area (Å²) in [6.07, 6.45) is 1.57. The molecule has 0 atom stereocenters. The van der Waals surface area contributed by atoms with E-state index in [1.54, 1.807) is 13.3 Å². The maximum Gasteiger partial charge on any atom is 0.237 e. The smallest absolute Gasteiger partial charge is 0.237 e. The van der Waals surface area contributed by atoms with Crippen LogP contribution in [0.3, 0.4) is 0 Å². The van der Waals surface area contributed by atoms with Gasteiger partial charge in [-0.1, -0.05) is 0 Å². The second kappa shape index (κ2) is 5.90. The van der Waals surface area contributed by atoms with Crippen molar-refractivity contribution in [3.63, 3.8) is 0 Å². The third kappa shape index (κ3) is 3.21. The largest absolute Gasteiger partial charge is 0.480 e. The minimum atomic E-state index is 0.220. The molecule has 0 aliphatic carbocycles. The molecule has 0 radical (unpaired) electrons. The van der Waals surface area contributed by atoms with Gasteiger partial charge >= 0.3 is 0 Å². The number of rotatable bonds is 5. The lowest BCUT2D eigenvalue weighted by atomic mass is 10.4. The van der Waals surface area contributed by atoms with E-state index in [1.165, 1.54) is 7.11 Å². The maximum absolute atomic E-state index is 5.14. The summed E-state index contributed by atoms with van der Waals surface area (Å²) in [4.78, 5) is 8.19. The highest BCUT2D eigenvalue weighted by molar-refractivity contribution is 9.10. The van der Waals surface area contributed by atoms with Crippen LogP contribution in [0.5, 0.6) is 5.88 Å². The van der Waals surface area contributed by atoms with Gasteiger partial charge in [0, 0.05) is 7.11 Å². The van der Waals surface area contributed by atoms with E-state index >= 15 is 0 Å². The standard InChI is InChI=1S/C8H11BrN2O3/c1-12-5-14-4-6-8(13-2)10-3-7(9)11-6/h3H,4-5H2,1-2H3. The highest BCUT2D eigenvalue weighted by Crippen LogP contribution is 2.16. The summed E-state index contributed by atoms with van der Waals surface area (Å²) in [7, 11) is 3.10. The normalized spacial score (nSPS) is 10.2. The van der Waals surface area contributed by atoms with Crippen molar-refractivity contribution in [1.29, 1.82) is 0 Å². The lowest BCUT2D eigenvalue weighted by Gasteiger charge is -2.06. The topological polar surface area (TPSA) is 53.5 Å². The number of ether oxygens (including phenoxy) is 3. The van der Waals surface area contributed by atoms with Crippen LogP contribution in [0.4, 0.5) is 0 Å². The first-order chi connectivity index (χ1) is 6.77. The molecule has 0 spiro atoms. The molecule has 0 bridgehead atoms. The molecule has 14 heavy (non-hydrogen) atoms. The van der Waals surface area contributed by atoms with Crippen molar-refractivity contribution in [3.05, 3.63) is 16.5 Å². The summed E-state index contributed by atoms with van der Waals surface area (Å²) in [5, 5.41) is 0. The van der Waals surface area contributed by atoms with Crippen LogP contribution >= 0.6 is 15.9 Å². The summed E-state index contributed by atoms with van der Waals surface area (Å²) >= 11 is 3.22. The molecular weight excluding hydrogens is 252 g/mol. The van der Waals surface area contributed by atoms with E-state index in [-0.39, 0.29) is 6.79 Å². The summed E-state index contributed by atoms with van der Waals surface area (Å²) in [6.45, 7) is 0.529. The molecule has 78 valence electrons. The number of aromatic nitrogens is 2. The van der Waals surface area contributed by atoms with Crippen LogP contribution in [0, 0.1) is 0 Å². The van der Waals surface area contributed by atoms with Crippen LogP contribution in [-0.2, 0) is 16.1 Å². The van der Waals surface area contributed by atoms with Crippen LogP contribution < -0.4 is 4.74 Å². The van der Waals surface area contributed by atoms with Crippen molar-refractivity contribution >= 4 is 15.9 Å². The zero-order valence-electron chi connectivity index (χ0n) is 7.99. The third-order valence-corrected chi connectivity index (χ3v) is 1.79. The Balaban J connectivity index is 2.67. The van der Waals surface area contributed by atoms with Gasteiger partial charge in [-0.25, -0.2) is 9.97 Å². The molecule has 0 fully saturated rings.